The predicted molar refractivity (Wildman–Crippen MR) is 152 cm³/mol. The molecule has 1 unspecified atom stereocenters. The molecule has 1 atom stereocenters. The molecule has 40 heavy (non-hydrogen) atoms. The molecule has 11 heteroatoms. The molecule has 206 valence electrons. The molecule has 0 fully saturated rings. The van der Waals surface area contributed by atoms with Gasteiger partial charge in [0.25, 0.3) is 11.8 Å². The number of benzene rings is 3. The van der Waals surface area contributed by atoms with Crippen LogP contribution in [-0.2, 0) is 16.1 Å². The molecule has 2 amide bonds. The molecule has 2 heterocycles. The number of halogens is 1. The first-order valence-electron chi connectivity index (χ1n) is 12.6. The lowest BCUT2D eigenvalue weighted by Gasteiger charge is -2.28. The van der Waals surface area contributed by atoms with Gasteiger partial charge < -0.3 is 25.4 Å². The molecule has 0 aliphatic carbocycles. The van der Waals surface area contributed by atoms with Crippen molar-refractivity contribution in [2.24, 2.45) is 5.73 Å². The first-order chi connectivity index (χ1) is 19.5. The van der Waals surface area contributed by atoms with Crippen LogP contribution in [0.3, 0.4) is 0 Å². The first kappa shape index (κ1) is 27.3. The number of carbonyl (C=O) groups excluding carboxylic acids is 2. The van der Waals surface area contributed by atoms with Crippen molar-refractivity contribution >= 4 is 34.0 Å². The van der Waals surface area contributed by atoms with Gasteiger partial charge in [0.2, 0.25) is 0 Å². The fourth-order valence-electron chi connectivity index (χ4n) is 4.61. The maximum absolute atomic E-state index is 14.5. The average molecular weight is 562 g/mol. The van der Waals surface area contributed by atoms with Gasteiger partial charge in [-0.3, -0.25) is 14.9 Å². The van der Waals surface area contributed by atoms with Gasteiger partial charge in [-0.05, 0) is 53.1 Å². The van der Waals surface area contributed by atoms with Gasteiger partial charge in [-0.25, -0.2) is 9.37 Å². The van der Waals surface area contributed by atoms with Crippen molar-refractivity contribution in [1.82, 2.24) is 9.88 Å². The lowest BCUT2D eigenvalue weighted by Crippen LogP contribution is -2.38. The van der Waals surface area contributed by atoms with Gasteiger partial charge in [0, 0.05) is 55.1 Å². The number of aromatic nitrogens is 1. The maximum atomic E-state index is 14.5. The van der Waals surface area contributed by atoms with Gasteiger partial charge in [0.15, 0.2) is 11.9 Å². The van der Waals surface area contributed by atoms with Crippen molar-refractivity contribution in [3.8, 4) is 16.9 Å². The summed E-state index contributed by atoms with van der Waals surface area (Å²) in [5, 5.41) is 8.07. The van der Waals surface area contributed by atoms with Gasteiger partial charge in [-0.2, -0.15) is 0 Å². The number of methoxy groups -OCH3 is 1. The second kappa shape index (κ2) is 12.2. The Morgan fingerprint density at radius 2 is 1.95 bits per heavy atom. The fourth-order valence-corrected chi connectivity index (χ4v) is 5.14. The zero-order valence-corrected chi connectivity index (χ0v) is 22.5. The third-order valence-corrected chi connectivity index (χ3v) is 7.14. The summed E-state index contributed by atoms with van der Waals surface area (Å²) >= 11 is 1.24. The Hall–Kier alpha value is -4.32. The molecule has 1 aromatic heterocycles. The van der Waals surface area contributed by atoms with E-state index in [2.05, 4.69) is 15.6 Å². The summed E-state index contributed by atoms with van der Waals surface area (Å²) in [5.41, 5.74) is 9.75. The summed E-state index contributed by atoms with van der Waals surface area (Å²) in [5.74, 6) is -1.22. The average Bonchev–Trinajstić information content (AvgIpc) is 3.59. The molecule has 0 radical (unpaired) electrons. The van der Waals surface area contributed by atoms with Crippen molar-refractivity contribution in [2.75, 3.05) is 37.6 Å². The number of nitrogens with zero attached hydrogens (tertiary/aromatic N) is 2. The number of hydrogen-bond donors (Lipinski definition) is 3. The van der Waals surface area contributed by atoms with E-state index < -0.39 is 17.8 Å². The zero-order chi connectivity index (χ0) is 28.1. The second-order valence-electron chi connectivity index (χ2n) is 9.06. The minimum absolute atomic E-state index is 0.114. The highest BCUT2D eigenvalue weighted by molar-refractivity contribution is 7.13. The number of hydrogen-bond acceptors (Lipinski definition) is 8. The summed E-state index contributed by atoms with van der Waals surface area (Å²) in [4.78, 5) is 33.0. The summed E-state index contributed by atoms with van der Waals surface area (Å²) in [6.45, 7) is 1.25. The Bertz CT molecular complexity index is 1500. The van der Waals surface area contributed by atoms with Crippen molar-refractivity contribution in [3.63, 3.8) is 0 Å². The van der Waals surface area contributed by atoms with Gasteiger partial charge in [-0.1, -0.05) is 24.3 Å². The lowest BCUT2D eigenvalue weighted by atomic mass is 10.00. The standard InChI is InChI=1S/C29H28FN5O4S/c1-38-17-39-25-9-6-21(30)15-24(25)26(27(36)34-29-33-12-13-40-29)35-16-20-3-2-19(14-23(20)28(35)37)18-4-7-22(8-5-18)32-11-10-31/h2-9,12-15,26,32H,10-11,16-17,31H2,1H3,(H,33,34,36). The van der Waals surface area contributed by atoms with Crippen molar-refractivity contribution < 1.29 is 23.5 Å². The van der Waals surface area contributed by atoms with Crippen LogP contribution >= 0.6 is 11.3 Å². The first-order valence-corrected chi connectivity index (χ1v) is 13.5. The SMILES string of the molecule is COCOc1ccc(F)cc1C(C(=O)Nc1nccs1)N1Cc2ccc(-c3ccc(NCCN)cc3)cc2C1=O. The molecular formula is C29H28FN5O4S. The number of nitrogens with one attached hydrogen (secondary N) is 2. The number of carbonyl (C=O) groups is 2. The molecule has 3 aromatic carbocycles. The van der Waals surface area contributed by atoms with E-state index in [1.54, 1.807) is 11.6 Å². The van der Waals surface area contributed by atoms with Crippen LogP contribution < -0.4 is 21.1 Å². The second-order valence-corrected chi connectivity index (χ2v) is 9.95. The maximum Gasteiger partial charge on any atom is 0.255 e. The van der Waals surface area contributed by atoms with E-state index in [4.69, 9.17) is 15.2 Å². The normalized spacial score (nSPS) is 13.2. The summed E-state index contributed by atoms with van der Waals surface area (Å²) in [6.07, 6.45) is 1.56. The molecule has 5 rings (SSSR count). The highest BCUT2D eigenvalue weighted by Gasteiger charge is 2.39. The number of ether oxygens (including phenoxy) is 2. The van der Waals surface area contributed by atoms with E-state index in [1.165, 1.54) is 41.5 Å². The minimum Gasteiger partial charge on any atom is -0.467 e. The number of thiazole rings is 1. The molecule has 1 aliphatic heterocycles. The van der Waals surface area contributed by atoms with Crippen LogP contribution in [0.1, 0.15) is 27.5 Å². The van der Waals surface area contributed by atoms with Gasteiger partial charge in [0.1, 0.15) is 17.6 Å². The van der Waals surface area contributed by atoms with Crippen molar-refractivity contribution in [1.29, 1.82) is 0 Å². The van der Waals surface area contributed by atoms with Crippen LogP contribution in [0.25, 0.3) is 11.1 Å². The Labute approximate surface area is 234 Å². The fraction of sp³-hybridized carbons (Fsp3) is 0.207. The zero-order valence-electron chi connectivity index (χ0n) is 21.7. The molecule has 0 spiro atoms. The highest BCUT2D eigenvalue weighted by Crippen LogP contribution is 2.38. The molecule has 0 saturated heterocycles. The quantitative estimate of drug-likeness (QED) is 0.228. The van der Waals surface area contributed by atoms with Crippen LogP contribution in [0, 0.1) is 5.82 Å². The molecular weight excluding hydrogens is 533 g/mol. The number of anilines is 2. The van der Waals surface area contributed by atoms with Crippen molar-refractivity contribution in [2.45, 2.75) is 12.6 Å². The van der Waals surface area contributed by atoms with Crippen LogP contribution in [0.5, 0.6) is 5.75 Å². The number of amides is 2. The van der Waals surface area contributed by atoms with E-state index in [-0.39, 0.29) is 30.6 Å². The smallest absolute Gasteiger partial charge is 0.255 e. The monoisotopic (exact) mass is 561 g/mol. The molecule has 4 N–H and O–H groups in total. The van der Waals surface area contributed by atoms with E-state index in [9.17, 15) is 14.0 Å². The van der Waals surface area contributed by atoms with E-state index in [0.29, 0.717) is 23.8 Å². The number of nitrogens with two attached hydrogens (primary N) is 1. The largest absolute Gasteiger partial charge is 0.467 e. The predicted octanol–water partition coefficient (Wildman–Crippen LogP) is 4.64. The van der Waals surface area contributed by atoms with Crippen LogP contribution in [0.15, 0.2) is 72.2 Å². The third kappa shape index (κ3) is 5.81. The summed E-state index contributed by atoms with van der Waals surface area (Å²) < 4.78 is 25.2. The Kier molecular flexibility index (Phi) is 8.34. The highest BCUT2D eigenvalue weighted by atomic mass is 32.1. The molecule has 0 bridgehead atoms. The Morgan fingerprint density at radius 3 is 2.67 bits per heavy atom. The third-order valence-electron chi connectivity index (χ3n) is 6.45. The summed E-state index contributed by atoms with van der Waals surface area (Å²) in [7, 11) is 1.46. The molecule has 0 saturated carbocycles. The van der Waals surface area contributed by atoms with Crippen LogP contribution in [-0.4, -0.2) is 48.7 Å². The number of rotatable bonds is 11. The van der Waals surface area contributed by atoms with Gasteiger partial charge in [0.05, 0.1) is 0 Å². The molecule has 1 aliphatic rings. The van der Waals surface area contributed by atoms with Gasteiger partial charge >= 0.3 is 0 Å². The lowest BCUT2D eigenvalue weighted by molar-refractivity contribution is -0.121. The molecule has 9 nitrogen and oxygen atoms in total. The van der Waals surface area contributed by atoms with Crippen molar-refractivity contribution in [3.05, 3.63) is 94.7 Å². The van der Waals surface area contributed by atoms with Crippen LogP contribution in [0.4, 0.5) is 15.2 Å². The van der Waals surface area contributed by atoms with E-state index in [0.717, 1.165) is 22.4 Å². The Balaban J connectivity index is 1.48. The minimum atomic E-state index is -1.19. The summed E-state index contributed by atoms with van der Waals surface area (Å²) in [6, 6.07) is 16.2. The number of fused-ring (bicyclic) bond motifs is 1. The molecule has 4 aromatic rings. The van der Waals surface area contributed by atoms with E-state index >= 15 is 0 Å². The Morgan fingerprint density at radius 1 is 1.15 bits per heavy atom. The van der Waals surface area contributed by atoms with E-state index in [1.807, 2.05) is 42.5 Å². The van der Waals surface area contributed by atoms with Crippen LogP contribution in [0.2, 0.25) is 0 Å². The topological polar surface area (TPSA) is 119 Å². The van der Waals surface area contributed by atoms with Gasteiger partial charge in [-0.15, -0.1) is 11.3 Å².